The van der Waals surface area contributed by atoms with Gasteiger partial charge in [0.2, 0.25) is 9.05 Å². The van der Waals surface area contributed by atoms with Crippen molar-refractivity contribution in [1.82, 2.24) is 0 Å². The van der Waals surface area contributed by atoms with Crippen LogP contribution in [-0.4, -0.2) is 26.7 Å². The zero-order valence-corrected chi connectivity index (χ0v) is 13.6. The number of halogens is 1. The second-order valence-electron chi connectivity index (χ2n) is 6.01. The average molecular weight is 317 g/mol. The van der Waals surface area contributed by atoms with Crippen molar-refractivity contribution in [2.75, 3.05) is 0 Å². The minimum absolute atomic E-state index is 0.182. The first kappa shape index (κ1) is 15.8. The lowest BCUT2D eigenvalue weighted by Crippen LogP contribution is -2.41. The van der Waals surface area contributed by atoms with Crippen LogP contribution < -0.4 is 5.46 Å². The van der Waals surface area contributed by atoms with E-state index >= 15 is 0 Å². The predicted octanol–water partition coefficient (Wildman–Crippen LogP) is 2.05. The maximum absolute atomic E-state index is 11.0. The minimum Gasteiger partial charge on any atom is -0.399 e. The largest absolute Gasteiger partial charge is 0.494 e. The van der Waals surface area contributed by atoms with E-state index in [2.05, 4.69) is 0 Å². The Morgan fingerprint density at radius 3 is 1.90 bits per heavy atom. The molecule has 0 unspecified atom stereocenters. The molecule has 0 spiro atoms. The van der Waals surface area contributed by atoms with Gasteiger partial charge in [0.05, 0.1) is 17.0 Å². The van der Waals surface area contributed by atoms with Crippen LogP contribution in [0.15, 0.2) is 24.3 Å². The first-order chi connectivity index (χ1) is 9.00. The van der Waals surface area contributed by atoms with E-state index in [4.69, 9.17) is 20.0 Å². The van der Waals surface area contributed by atoms with E-state index < -0.39 is 27.4 Å². The maximum Gasteiger partial charge on any atom is 0.494 e. The lowest BCUT2D eigenvalue weighted by atomic mass is 9.79. The SMILES string of the molecule is CC1(C)OB(c2ccc(CS(=O)(=O)Cl)cc2)OC1(C)C. The maximum atomic E-state index is 11.0. The van der Waals surface area contributed by atoms with Crippen molar-refractivity contribution in [2.24, 2.45) is 0 Å². The third-order valence-corrected chi connectivity index (χ3v) is 4.85. The molecule has 1 aromatic rings. The van der Waals surface area contributed by atoms with Crippen LogP contribution >= 0.6 is 10.7 Å². The van der Waals surface area contributed by atoms with E-state index in [9.17, 15) is 8.42 Å². The molecule has 1 aliphatic heterocycles. The zero-order valence-electron chi connectivity index (χ0n) is 12.0. The van der Waals surface area contributed by atoms with Crippen molar-refractivity contribution >= 4 is 32.3 Å². The molecule has 0 amide bonds. The molecule has 1 fully saturated rings. The summed E-state index contributed by atoms with van der Waals surface area (Å²) in [5.41, 5.74) is 0.714. The van der Waals surface area contributed by atoms with Gasteiger partial charge >= 0.3 is 7.12 Å². The molecule has 7 heteroatoms. The van der Waals surface area contributed by atoms with Crippen LogP contribution in [0, 0.1) is 0 Å². The van der Waals surface area contributed by atoms with Gasteiger partial charge in [-0.1, -0.05) is 24.3 Å². The standard InChI is InChI=1S/C13H18BClO4S/c1-12(2)13(3,4)19-14(18-12)11-7-5-10(6-8-11)9-20(15,16)17/h5-8H,9H2,1-4H3. The highest BCUT2D eigenvalue weighted by molar-refractivity contribution is 8.13. The Morgan fingerprint density at radius 1 is 1.05 bits per heavy atom. The van der Waals surface area contributed by atoms with Crippen molar-refractivity contribution < 1.29 is 17.7 Å². The number of hydrogen-bond donors (Lipinski definition) is 0. The van der Waals surface area contributed by atoms with Gasteiger partial charge in [-0.2, -0.15) is 0 Å². The third-order valence-electron chi connectivity index (χ3n) is 3.84. The van der Waals surface area contributed by atoms with E-state index in [0.29, 0.717) is 5.56 Å². The molecule has 2 rings (SSSR count). The van der Waals surface area contributed by atoms with Crippen molar-refractivity contribution in [3.05, 3.63) is 29.8 Å². The molecule has 1 heterocycles. The normalized spacial score (nSPS) is 21.1. The summed E-state index contributed by atoms with van der Waals surface area (Å²) in [5.74, 6) is -0.182. The van der Waals surface area contributed by atoms with E-state index in [-0.39, 0.29) is 5.75 Å². The first-order valence-electron chi connectivity index (χ1n) is 6.37. The van der Waals surface area contributed by atoms with Crippen LogP contribution in [0.3, 0.4) is 0 Å². The molecule has 4 nitrogen and oxygen atoms in total. The van der Waals surface area contributed by atoms with Gasteiger partial charge in [-0.3, -0.25) is 0 Å². The van der Waals surface area contributed by atoms with Crippen LogP contribution in [-0.2, 0) is 24.1 Å². The van der Waals surface area contributed by atoms with Crippen molar-refractivity contribution in [3.63, 3.8) is 0 Å². The second-order valence-corrected chi connectivity index (χ2v) is 8.79. The summed E-state index contributed by atoms with van der Waals surface area (Å²) in [6.07, 6.45) is 0. The van der Waals surface area contributed by atoms with Crippen molar-refractivity contribution in [3.8, 4) is 0 Å². The Hall–Kier alpha value is -0.555. The molecule has 0 N–H and O–H groups in total. The lowest BCUT2D eigenvalue weighted by Gasteiger charge is -2.32. The molecule has 1 saturated heterocycles. The fraction of sp³-hybridized carbons (Fsp3) is 0.538. The Balaban J connectivity index is 2.16. The summed E-state index contributed by atoms with van der Waals surface area (Å²) in [4.78, 5) is 0. The van der Waals surface area contributed by atoms with Gasteiger partial charge in [0.1, 0.15) is 0 Å². The Labute approximate surface area is 125 Å². The van der Waals surface area contributed by atoms with Crippen molar-refractivity contribution in [1.29, 1.82) is 0 Å². The molecular weight excluding hydrogens is 298 g/mol. The van der Waals surface area contributed by atoms with Gasteiger partial charge < -0.3 is 9.31 Å². The van der Waals surface area contributed by atoms with E-state index in [1.807, 2.05) is 27.7 Å². The minimum atomic E-state index is -3.54. The molecule has 0 radical (unpaired) electrons. The van der Waals surface area contributed by atoms with Gasteiger partial charge in [-0.25, -0.2) is 8.42 Å². The van der Waals surface area contributed by atoms with Gasteiger partial charge in [-0.15, -0.1) is 0 Å². The van der Waals surface area contributed by atoms with Crippen molar-refractivity contribution in [2.45, 2.75) is 44.6 Å². The Bertz CT molecular complexity index is 579. The molecule has 1 aromatic carbocycles. The van der Waals surface area contributed by atoms with Gasteiger partial charge in [0.15, 0.2) is 0 Å². The molecule has 20 heavy (non-hydrogen) atoms. The van der Waals surface area contributed by atoms with Gasteiger partial charge in [0, 0.05) is 10.7 Å². The summed E-state index contributed by atoms with van der Waals surface area (Å²) in [5, 5.41) is 0. The summed E-state index contributed by atoms with van der Waals surface area (Å²) in [6, 6.07) is 7.06. The zero-order chi connectivity index (χ0) is 15.2. The predicted molar refractivity (Wildman–Crippen MR) is 80.6 cm³/mol. The molecule has 0 atom stereocenters. The van der Waals surface area contributed by atoms with Crippen LogP contribution in [0.2, 0.25) is 0 Å². The van der Waals surface area contributed by atoms with E-state index in [0.717, 1.165) is 5.46 Å². The lowest BCUT2D eigenvalue weighted by molar-refractivity contribution is 0.00578. The Kier molecular flexibility index (Phi) is 3.97. The highest BCUT2D eigenvalue weighted by Gasteiger charge is 2.51. The van der Waals surface area contributed by atoms with Gasteiger partial charge in [-0.05, 0) is 38.7 Å². The molecule has 1 aliphatic rings. The monoisotopic (exact) mass is 316 g/mol. The molecular formula is C13H18BClO4S. The highest BCUT2D eigenvalue weighted by Crippen LogP contribution is 2.36. The fourth-order valence-corrected chi connectivity index (χ4v) is 2.92. The van der Waals surface area contributed by atoms with E-state index in [1.54, 1.807) is 24.3 Å². The van der Waals surface area contributed by atoms with Crippen LogP contribution in [0.4, 0.5) is 0 Å². The summed E-state index contributed by atoms with van der Waals surface area (Å²) in [6.45, 7) is 7.95. The third kappa shape index (κ3) is 3.36. The molecule has 110 valence electrons. The first-order valence-corrected chi connectivity index (χ1v) is 8.85. The summed E-state index contributed by atoms with van der Waals surface area (Å²) < 4.78 is 33.9. The fourth-order valence-electron chi connectivity index (χ4n) is 1.95. The van der Waals surface area contributed by atoms with Crippen LogP contribution in [0.5, 0.6) is 0 Å². The Morgan fingerprint density at radius 2 is 1.50 bits per heavy atom. The number of benzene rings is 1. The molecule has 0 saturated carbocycles. The smallest absolute Gasteiger partial charge is 0.399 e. The van der Waals surface area contributed by atoms with E-state index in [1.165, 1.54) is 0 Å². The van der Waals surface area contributed by atoms with Crippen LogP contribution in [0.25, 0.3) is 0 Å². The summed E-state index contributed by atoms with van der Waals surface area (Å²) in [7, 11) is 1.25. The second kappa shape index (κ2) is 5.02. The molecule has 0 aliphatic carbocycles. The number of rotatable bonds is 3. The molecule has 0 aromatic heterocycles. The average Bonchev–Trinajstić information content (AvgIpc) is 2.47. The highest BCUT2D eigenvalue weighted by atomic mass is 35.7. The quantitative estimate of drug-likeness (QED) is 0.633. The van der Waals surface area contributed by atoms with Gasteiger partial charge in [0.25, 0.3) is 0 Å². The van der Waals surface area contributed by atoms with Crippen LogP contribution in [0.1, 0.15) is 33.3 Å². The topological polar surface area (TPSA) is 52.6 Å². The summed E-state index contributed by atoms with van der Waals surface area (Å²) >= 11 is 0. The number of hydrogen-bond acceptors (Lipinski definition) is 4. The molecule has 0 bridgehead atoms.